The summed E-state index contributed by atoms with van der Waals surface area (Å²) in [6.07, 6.45) is 1.56. The Bertz CT molecular complexity index is 1560. The second-order valence-electron chi connectivity index (χ2n) is 11.8. The lowest BCUT2D eigenvalue weighted by Gasteiger charge is -2.32. The van der Waals surface area contributed by atoms with Crippen LogP contribution in [-0.4, -0.2) is 73.6 Å². The van der Waals surface area contributed by atoms with E-state index in [1.807, 2.05) is 44.1 Å². The van der Waals surface area contributed by atoms with Crippen LogP contribution in [0.1, 0.15) is 52.7 Å². The first kappa shape index (κ1) is 31.6. The van der Waals surface area contributed by atoms with E-state index in [4.69, 9.17) is 21.1 Å². The highest BCUT2D eigenvalue weighted by Crippen LogP contribution is 2.49. The summed E-state index contributed by atoms with van der Waals surface area (Å²) in [4.78, 5) is 29.3. The second-order valence-corrected chi connectivity index (χ2v) is 12.2. The largest absolute Gasteiger partial charge is 0.478 e. The van der Waals surface area contributed by atoms with Gasteiger partial charge in [0.2, 0.25) is 5.91 Å². The summed E-state index contributed by atoms with van der Waals surface area (Å²) < 4.78 is 27.2. The van der Waals surface area contributed by atoms with E-state index in [9.17, 15) is 19.1 Å². The number of carbonyl (C=O) groups excluding carboxylic acids is 1. The number of benzene rings is 3. The zero-order valence-electron chi connectivity index (χ0n) is 25.4. The molecular formula is C33H38ClFN4O5. The van der Waals surface area contributed by atoms with Crippen LogP contribution in [0.2, 0.25) is 5.02 Å². The van der Waals surface area contributed by atoms with Crippen molar-refractivity contribution in [2.45, 2.75) is 38.4 Å². The molecule has 0 spiro atoms. The van der Waals surface area contributed by atoms with Gasteiger partial charge >= 0.3 is 5.97 Å². The summed E-state index contributed by atoms with van der Waals surface area (Å²) in [5.74, 6) is -1.87. The molecule has 3 aromatic rings. The van der Waals surface area contributed by atoms with E-state index in [0.29, 0.717) is 41.8 Å². The highest BCUT2D eigenvalue weighted by Gasteiger charge is 2.43. The molecule has 5 rings (SSSR count). The summed E-state index contributed by atoms with van der Waals surface area (Å²) in [7, 11) is 3.92. The molecule has 9 nitrogen and oxygen atoms in total. The maximum absolute atomic E-state index is 14.8. The van der Waals surface area contributed by atoms with Crippen LogP contribution in [0, 0.1) is 12.7 Å². The smallest absolute Gasteiger partial charge is 0.337 e. The monoisotopic (exact) mass is 624 g/mol. The highest BCUT2D eigenvalue weighted by atomic mass is 35.5. The van der Waals surface area contributed by atoms with Crippen molar-refractivity contribution in [2.75, 3.05) is 57.5 Å². The number of para-hydroxylation sites is 1. The topological polar surface area (TPSA) is 103 Å². The number of halogens is 2. The summed E-state index contributed by atoms with van der Waals surface area (Å²) in [6.45, 7) is 6.39. The number of aromatic carboxylic acids is 1. The number of likely N-dealkylation sites (tertiary alicyclic amines) is 1. The number of carboxylic acids is 1. The number of carboxylic acid groups (broad SMARTS) is 1. The molecule has 1 saturated heterocycles. The van der Waals surface area contributed by atoms with E-state index in [2.05, 4.69) is 15.5 Å². The number of rotatable bonds is 10. The third-order valence-electron chi connectivity index (χ3n) is 8.20. The van der Waals surface area contributed by atoms with Crippen molar-refractivity contribution < 1.29 is 28.6 Å². The molecule has 1 fully saturated rings. The van der Waals surface area contributed by atoms with Crippen LogP contribution in [0.5, 0.6) is 11.5 Å². The van der Waals surface area contributed by atoms with Gasteiger partial charge in [0.15, 0.2) is 11.5 Å². The van der Waals surface area contributed by atoms with Crippen molar-refractivity contribution in [3.8, 4) is 11.5 Å². The van der Waals surface area contributed by atoms with Crippen molar-refractivity contribution in [3.63, 3.8) is 0 Å². The van der Waals surface area contributed by atoms with Crippen LogP contribution in [0.4, 0.5) is 15.8 Å². The van der Waals surface area contributed by atoms with Crippen LogP contribution < -0.4 is 20.1 Å². The van der Waals surface area contributed by atoms with Crippen molar-refractivity contribution >= 4 is 34.9 Å². The Kier molecular flexibility index (Phi) is 9.34. The molecule has 3 N–H and O–H groups in total. The van der Waals surface area contributed by atoms with Gasteiger partial charge in [0.1, 0.15) is 5.82 Å². The minimum Gasteiger partial charge on any atom is -0.478 e. The molecule has 44 heavy (non-hydrogen) atoms. The first-order chi connectivity index (χ1) is 20.9. The maximum atomic E-state index is 14.8. The SMILES string of the molecule is Cc1ccc(C(=O)O)c(NC(=O)CN2CCC(c3cccc4c3OC(C)(c3ccc(Cl)cc3F)O4)CC2)c1NCCN(C)C. The number of ether oxygens (including phenoxy) is 2. The lowest BCUT2D eigenvalue weighted by molar-refractivity contribution is -0.117. The Labute approximate surface area is 261 Å². The van der Waals surface area contributed by atoms with Gasteiger partial charge < -0.3 is 30.1 Å². The number of piperidine rings is 1. The van der Waals surface area contributed by atoms with E-state index in [1.54, 1.807) is 25.1 Å². The third kappa shape index (κ3) is 6.77. The van der Waals surface area contributed by atoms with Gasteiger partial charge in [0.05, 0.1) is 29.0 Å². The Balaban J connectivity index is 1.24. The number of carbonyl (C=O) groups is 2. The molecule has 1 atom stereocenters. The minimum absolute atomic E-state index is 0.0423. The number of nitrogens with zero attached hydrogens (tertiary/aromatic N) is 2. The number of hydrogen-bond donors (Lipinski definition) is 3. The highest BCUT2D eigenvalue weighted by molar-refractivity contribution is 6.30. The first-order valence-electron chi connectivity index (χ1n) is 14.7. The molecule has 0 radical (unpaired) electrons. The lowest BCUT2D eigenvalue weighted by Crippen LogP contribution is -2.39. The molecule has 2 aliphatic rings. The predicted molar refractivity (Wildman–Crippen MR) is 169 cm³/mol. The average Bonchev–Trinajstić information content (AvgIpc) is 3.31. The number of likely N-dealkylation sites (N-methyl/N-ethyl adjacent to an activating group) is 1. The minimum atomic E-state index is -1.32. The number of aryl methyl sites for hydroxylation is 1. The first-order valence-corrected chi connectivity index (χ1v) is 15.1. The van der Waals surface area contributed by atoms with E-state index in [1.165, 1.54) is 12.1 Å². The number of hydrogen-bond acceptors (Lipinski definition) is 7. The van der Waals surface area contributed by atoms with Gasteiger partial charge in [-0.3, -0.25) is 9.69 Å². The average molecular weight is 625 g/mol. The third-order valence-corrected chi connectivity index (χ3v) is 8.43. The number of amides is 1. The fourth-order valence-electron chi connectivity index (χ4n) is 5.87. The summed E-state index contributed by atoms with van der Waals surface area (Å²) >= 11 is 5.95. The Morgan fingerprint density at radius 3 is 2.55 bits per heavy atom. The van der Waals surface area contributed by atoms with Crippen molar-refractivity contribution in [1.29, 1.82) is 0 Å². The molecule has 0 aliphatic carbocycles. The summed E-state index contributed by atoms with van der Waals surface area (Å²) in [6, 6.07) is 13.4. The second kappa shape index (κ2) is 13.0. The molecule has 234 valence electrons. The van der Waals surface area contributed by atoms with Gasteiger partial charge in [-0.15, -0.1) is 0 Å². The number of nitrogens with one attached hydrogen (secondary N) is 2. The molecule has 1 amide bonds. The number of fused-ring (bicyclic) bond motifs is 1. The standard InChI is InChI=1S/C33H38ClFN4O5/c1-20-8-10-24(32(41)42)30(29(20)36-14-17-38(3)4)37-28(40)19-39-15-12-21(13-16-39)23-6-5-7-27-31(23)44-33(2,43-27)25-11-9-22(34)18-26(25)35/h5-11,18,21,36H,12-17,19H2,1-4H3,(H,37,40)(H,41,42). The zero-order chi connectivity index (χ0) is 31.6. The normalized spacial score (nSPS) is 18.4. The van der Waals surface area contributed by atoms with Crippen LogP contribution in [0.15, 0.2) is 48.5 Å². The zero-order valence-corrected chi connectivity index (χ0v) is 26.1. The van der Waals surface area contributed by atoms with Gasteiger partial charge in [0.25, 0.3) is 5.79 Å². The maximum Gasteiger partial charge on any atom is 0.337 e. The van der Waals surface area contributed by atoms with Crippen LogP contribution in [0.3, 0.4) is 0 Å². The summed E-state index contributed by atoms with van der Waals surface area (Å²) in [5, 5.41) is 16.3. The van der Waals surface area contributed by atoms with Gasteiger partial charge in [-0.25, -0.2) is 9.18 Å². The van der Waals surface area contributed by atoms with Crippen molar-refractivity contribution in [1.82, 2.24) is 9.80 Å². The van der Waals surface area contributed by atoms with Gasteiger partial charge in [-0.2, -0.15) is 0 Å². The molecule has 2 aliphatic heterocycles. The van der Waals surface area contributed by atoms with Gasteiger partial charge in [0, 0.05) is 30.6 Å². The molecule has 2 heterocycles. The fourth-order valence-corrected chi connectivity index (χ4v) is 6.03. The van der Waals surface area contributed by atoms with E-state index >= 15 is 0 Å². The Hall–Kier alpha value is -3.86. The number of anilines is 2. The molecule has 11 heteroatoms. The molecule has 3 aromatic carbocycles. The van der Waals surface area contributed by atoms with Crippen molar-refractivity contribution in [2.24, 2.45) is 0 Å². The molecular weight excluding hydrogens is 587 g/mol. The van der Waals surface area contributed by atoms with Crippen molar-refractivity contribution in [3.05, 3.63) is 81.6 Å². The predicted octanol–water partition coefficient (Wildman–Crippen LogP) is 5.92. The van der Waals surface area contributed by atoms with E-state index < -0.39 is 17.6 Å². The van der Waals surface area contributed by atoms with E-state index in [-0.39, 0.29) is 35.2 Å². The molecule has 0 bridgehead atoms. The van der Waals surface area contributed by atoms with E-state index in [0.717, 1.165) is 30.5 Å². The molecule has 0 aromatic heterocycles. The molecule has 0 saturated carbocycles. The van der Waals surface area contributed by atoms with Gasteiger partial charge in [-0.05, 0) is 88.8 Å². The molecule has 1 unspecified atom stereocenters. The van der Waals surface area contributed by atoms with Crippen LogP contribution >= 0.6 is 11.6 Å². The van der Waals surface area contributed by atoms with Crippen LogP contribution in [0.25, 0.3) is 0 Å². The quantitative estimate of drug-likeness (QED) is 0.255. The van der Waals surface area contributed by atoms with Gasteiger partial charge in [-0.1, -0.05) is 29.8 Å². The lowest BCUT2D eigenvalue weighted by atomic mass is 9.88. The Morgan fingerprint density at radius 2 is 1.86 bits per heavy atom. The Morgan fingerprint density at radius 1 is 1.11 bits per heavy atom. The summed E-state index contributed by atoms with van der Waals surface area (Å²) in [5.41, 5.74) is 3.05. The van der Waals surface area contributed by atoms with Crippen LogP contribution in [-0.2, 0) is 10.6 Å². The fraction of sp³-hybridized carbons (Fsp3) is 0.394.